The molecule has 0 bridgehead atoms. The van der Waals surface area contributed by atoms with Gasteiger partial charge in [0.2, 0.25) is 15.7 Å². The molecule has 2 aromatic heterocycles. The Balaban J connectivity index is 1.91. The van der Waals surface area contributed by atoms with Crippen molar-refractivity contribution in [3.63, 3.8) is 0 Å². The van der Waals surface area contributed by atoms with E-state index in [2.05, 4.69) is 5.32 Å². The summed E-state index contributed by atoms with van der Waals surface area (Å²) in [6, 6.07) is 9.64. The van der Waals surface area contributed by atoms with Crippen LogP contribution in [-0.4, -0.2) is 39.2 Å². The topological polar surface area (TPSA) is 92.5 Å². The number of rotatable bonds is 9. The van der Waals surface area contributed by atoms with E-state index in [4.69, 9.17) is 9.40 Å². The number of aromatic nitrogens is 1. The van der Waals surface area contributed by atoms with E-state index in [0.717, 1.165) is 36.0 Å². The Hall–Kier alpha value is -3.13. The molecule has 0 aliphatic heterocycles. The van der Waals surface area contributed by atoms with E-state index in [1.165, 1.54) is 10.6 Å². The van der Waals surface area contributed by atoms with Crippen LogP contribution in [0.25, 0.3) is 22.4 Å². The fourth-order valence-corrected chi connectivity index (χ4v) is 5.05. The van der Waals surface area contributed by atoms with E-state index in [-0.39, 0.29) is 17.5 Å². The highest BCUT2D eigenvalue weighted by molar-refractivity contribution is 7.92. The lowest BCUT2D eigenvalue weighted by Gasteiger charge is -2.23. The largest absolute Gasteiger partial charge is 0.437 e. The number of nitrogens with zero attached hydrogens (tertiary/aromatic N) is 2. The highest BCUT2D eigenvalue weighted by Gasteiger charge is 2.34. The van der Waals surface area contributed by atoms with Crippen molar-refractivity contribution in [1.82, 2.24) is 10.3 Å². The predicted molar refractivity (Wildman–Crippen MR) is 136 cm³/mol. The van der Waals surface area contributed by atoms with Crippen LogP contribution in [0.4, 0.5) is 5.82 Å². The maximum Gasteiger partial charge on any atom is 0.255 e. The molecule has 1 amide bonds. The minimum absolute atomic E-state index is 0.224. The quantitative estimate of drug-likeness (QED) is 0.337. The number of unbranched alkanes of at least 4 members (excludes halogenated alkanes) is 1. The van der Waals surface area contributed by atoms with Crippen LogP contribution in [0.2, 0.25) is 0 Å². The first-order valence-electron chi connectivity index (χ1n) is 11.6. The van der Waals surface area contributed by atoms with Crippen LogP contribution in [0.1, 0.15) is 60.0 Å². The summed E-state index contributed by atoms with van der Waals surface area (Å²) in [5.74, 6) is 0.796. The van der Waals surface area contributed by atoms with Gasteiger partial charge in [0.25, 0.3) is 5.91 Å². The van der Waals surface area contributed by atoms with Gasteiger partial charge in [-0.1, -0.05) is 42.0 Å². The van der Waals surface area contributed by atoms with Crippen LogP contribution >= 0.6 is 0 Å². The summed E-state index contributed by atoms with van der Waals surface area (Å²) in [6.07, 6.45) is 8.58. The van der Waals surface area contributed by atoms with Crippen LogP contribution in [0.3, 0.4) is 0 Å². The van der Waals surface area contributed by atoms with Crippen molar-refractivity contribution in [3.8, 4) is 11.3 Å². The van der Waals surface area contributed by atoms with Crippen molar-refractivity contribution < 1.29 is 17.6 Å². The zero-order valence-electron chi connectivity index (χ0n) is 20.1. The Morgan fingerprint density at radius 1 is 1.26 bits per heavy atom. The third kappa shape index (κ3) is 4.87. The average Bonchev–Trinajstić information content (AvgIpc) is 3.58. The maximum absolute atomic E-state index is 12.9. The molecular formula is C26H31N3O4S. The average molecular weight is 482 g/mol. The normalized spacial score (nSPS) is 14.1. The molecule has 1 N–H and O–H groups in total. The van der Waals surface area contributed by atoms with Crippen LogP contribution < -0.4 is 9.62 Å². The second kappa shape index (κ2) is 9.62. The molecule has 180 valence electrons. The molecule has 1 aliphatic rings. The second-order valence-corrected chi connectivity index (χ2v) is 10.7. The summed E-state index contributed by atoms with van der Waals surface area (Å²) < 4.78 is 33.1. The van der Waals surface area contributed by atoms with Gasteiger partial charge in [0, 0.05) is 19.2 Å². The van der Waals surface area contributed by atoms with Gasteiger partial charge in [-0.3, -0.25) is 9.10 Å². The predicted octanol–water partition coefficient (Wildman–Crippen LogP) is 5.16. The van der Waals surface area contributed by atoms with Crippen molar-refractivity contribution >= 4 is 32.8 Å². The van der Waals surface area contributed by atoms with E-state index in [9.17, 15) is 13.2 Å². The Morgan fingerprint density at radius 3 is 2.56 bits per heavy atom. The molecular weight excluding hydrogens is 450 g/mol. The van der Waals surface area contributed by atoms with Crippen LogP contribution in [0, 0.1) is 6.92 Å². The van der Waals surface area contributed by atoms with Gasteiger partial charge in [-0.25, -0.2) is 8.42 Å². The molecule has 3 aromatic rings. The van der Waals surface area contributed by atoms with Crippen molar-refractivity contribution in [1.29, 1.82) is 0 Å². The molecule has 1 fully saturated rings. The van der Waals surface area contributed by atoms with Crippen LogP contribution in [0.15, 0.2) is 46.9 Å². The number of hydrogen-bond donors (Lipinski definition) is 1. The molecule has 4 rings (SSSR count). The summed E-state index contributed by atoms with van der Waals surface area (Å²) in [4.78, 5) is 17.6. The number of aryl methyl sites for hydroxylation is 1. The fraction of sp³-hybridized carbons (Fsp3) is 0.385. The molecule has 7 nitrogen and oxygen atoms in total. The lowest BCUT2D eigenvalue weighted by Crippen LogP contribution is -2.32. The van der Waals surface area contributed by atoms with Crippen molar-refractivity contribution in [3.05, 3.63) is 59.2 Å². The zero-order valence-corrected chi connectivity index (χ0v) is 20.9. The van der Waals surface area contributed by atoms with E-state index in [1.807, 2.05) is 56.3 Å². The van der Waals surface area contributed by atoms with E-state index >= 15 is 0 Å². The zero-order chi connectivity index (χ0) is 24.5. The number of sulfonamides is 1. The number of furan rings is 1. The number of pyridine rings is 1. The Labute approximate surface area is 200 Å². The van der Waals surface area contributed by atoms with Gasteiger partial charge in [-0.05, 0) is 57.1 Å². The maximum atomic E-state index is 12.9. The van der Waals surface area contributed by atoms with Gasteiger partial charge in [-0.15, -0.1) is 0 Å². The first-order chi connectivity index (χ1) is 16.2. The molecule has 1 saturated carbocycles. The summed E-state index contributed by atoms with van der Waals surface area (Å²) in [5.41, 5.74) is 3.39. The van der Waals surface area contributed by atoms with E-state index in [1.54, 1.807) is 7.05 Å². The van der Waals surface area contributed by atoms with Crippen molar-refractivity contribution in [2.24, 2.45) is 0 Å². The number of carbonyl (C=O) groups is 1. The number of nitrogens with one attached hydrogen (secondary N) is 1. The van der Waals surface area contributed by atoms with Gasteiger partial charge >= 0.3 is 0 Å². The molecule has 0 unspecified atom stereocenters. The Morgan fingerprint density at radius 2 is 1.97 bits per heavy atom. The molecule has 1 aromatic carbocycles. The van der Waals surface area contributed by atoms with Crippen molar-refractivity contribution in [2.75, 3.05) is 24.2 Å². The molecule has 34 heavy (non-hydrogen) atoms. The lowest BCUT2D eigenvalue weighted by molar-refractivity contribution is 0.0964. The van der Waals surface area contributed by atoms with Gasteiger partial charge in [-0.2, -0.15) is 4.98 Å². The van der Waals surface area contributed by atoms with Gasteiger partial charge < -0.3 is 9.73 Å². The third-order valence-electron chi connectivity index (χ3n) is 6.08. The highest BCUT2D eigenvalue weighted by atomic mass is 32.2. The lowest BCUT2D eigenvalue weighted by atomic mass is 10.0. The minimum atomic E-state index is -3.56. The highest BCUT2D eigenvalue weighted by Crippen LogP contribution is 2.46. The van der Waals surface area contributed by atoms with E-state index in [0.29, 0.717) is 35.5 Å². The fourth-order valence-electron chi connectivity index (χ4n) is 4.13. The standard InChI is InChI=1S/C26H31N3O4S/c1-5-6-7-8-15-29(34(4,31)32)24-20(18-13-14-18)16-21-22(25(30)27-3)23(33-26(21)28-24)19-11-9-17(2)10-12-19/h5-6,9-12,16,18H,7-8,13-15H2,1-4H3,(H,27,30). The smallest absolute Gasteiger partial charge is 0.255 e. The third-order valence-corrected chi connectivity index (χ3v) is 7.24. The van der Waals surface area contributed by atoms with Crippen LogP contribution in [0.5, 0.6) is 0 Å². The van der Waals surface area contributed by atoms with Gasteiger partial charge in [0.1, 0.15) is 11.6 Å². The SMILES string of the molecule is CC=CCCCN(c1nc2oc(-c3ccc(C)cc3)c(C(=O)NC)c2cc1C1CC1)S(C)(=O)=O. The Kier molecular flexibility index (Phi) is 6.79. The van der Waals surface area contributed by atoms with Gasteiger partial charge in [0.05, 0.1) is 17.2 Å². The number of carbonyl (C=O) groups excluding carboxylic acids is 1. The van der Waals surface area contributed by atoms with Gasteiger partial charge in [0.15, 0.2) is 0 Å². The number of anilines is 1. The number of fused-ring (bicyclic) bond motifs is 1. The first-order valence-corrected chi connectivity index (χ1v) is 13.4. The summed E-state index contributed by atoms with van der Waals surface area (Å²) >= 11 is 0. The van der Waals surface area contributed by atoms with Crippen molar-refractivity contribution in [2.45, 2.75) is 45.4 Å². The summed E-state index contributed by atoms with van der Waals surface area (Å²) in [6.45, 7) is 4.27. The molecule has 0 saturated heterocycles. The second-order valence-electron chi connectivity index (χ2n) is 8.83. The number of allylic oxidation sites excluding steroid dienone is 2. The monoisotopic (exact) mass is 481 g/mol. The molecule has 2 heterocycles. The molecule has 0 spiro atoms. The number of benzene rings is 1. The molecule has 1 aliphatic carbocycles. The minimum Gasteiger partial charge on any atom is -0.437 e. The molecule has 0 radical (unpaired) electrons. The number of hydrogen-bond acceptors (Lipinski definition) is 5. The number of amides is 1. The Bertz CT molecular complexity index is 1340. The molecule has 0 atom stereocenters. The van der Waals surface area contributed by atoms with Crippen LogP contribution in [-0.2, 0) is 10.0 Å². The summed E-state index contributed by atoms with van der Waals surface area (Å²) in [5, 5.41) is 3.31. The first kappa shape index (κ1) is 24.0. The summed E-state index contributed by atoms with van der Waals surface area (Å²) in [7, 11) is -1.97. The van der Waals surface area contributed by atoms with E-state index < -0.39 is 10.0 Å². The molecule has 8 heteroatoms.